The lowest BCUT2D eigenvalue weighted by molar-refractivity contribution is -0.176. The molecular weight excluding hydrogens is 746 g/mol. The Morgan fingerprint density at radius 2 is 1.16 bits per heavy atom. The third-order valence-corrected chi connectivity index (χ3v) is 10.2. The fourth-order valence-corrected chi connectivity index (χ4v) is 7.77. The second kappa shape index (κ2) is 16.4. The molecule has 58 heavy (non-hydrogen) atoms. The number of carboxylic acids is 1. The Labute approximate surface area is 335 Å². The number of benzene rings is 4. The van der Waals surface area contributed by atoms with E-state index in [1.807, 2.05) is 84.9 Å². The van der Waals surface area contributed by atoms with Crippen LogP contribution >= 0.6 is 0 Å². The molecule has 14 heteroatoms. The van der Waals surface area contributed by atoms with Crippen LogP contribution in [0.2, 0.25) is 0 Å². The van der Waals surface area contributed by atoms with Gasteiger partial charge in [0.1, 0.15) is 12.2 Å². The zero-order chi connectivity index (χ0) is 41.9. The Hall–Kier alpha value is -6.70. The molecule has 302 valence electrons. The van der Waals surface area contributed by atoms with E-state index in [4.69, 9.17) is 14.6 Å². The summed E-state index contributed by atoms with van der Waals surface area (Å²) in [7, 11) is 0. The van der Waals surface area contributed by atoms with Crippen LogP contribution in [0.4, 0.5) is 14.4 Å². The summed E-state index contributed by atoms with van der Waals surface area (Å²) >= 11 is 0. The first kappa shape index (κ1) is 40.9. The number of fused-ring (bicyclic) bond motifs is 6. The minimum absolute atomic E-state index is 0.000993. The van der Waals surface area contributed by atoms with E-state index < -0.39 is 59.2 Å². The predicted molar refractivity (Wildman–Crippen MR) is 210 cm³/mol. The van der Waals surface area contributed by atoms with Gasteiger partial charge in [-0.05, 0) is 85.5 Å². The second-order valence-corrected chi connectivity index (χ2v) is 15.8. The van der Waals surface area contributed by atoms with Crippen LogP contribution in [0.5, 0.6) is 0 Å². The Morgan fingerprint density at radius 1 is 0.707 bits per heavy atom. The van der Waals surface area contributed by atoms with Gasteiger partial charge in [-0.25, -0.2) is 19.2 Å². The summed E-state index contributed by atoms with van der Waals surface area (Å²) in [5, 5.41) is 23.6. The van der Waals surface area contributed by atoms with E-state index in [0.717, 1.165) is 44.5 Å². The molecule has 7 rings (SSSR count). The number of ether oxygens (including phenoxy) is 2. The maximum Gasteiger partial charge on any atom is 0.531 e. The van der Waals surface area contributed by atoms with Crippen molar-refractivity contribution in [1.82, 2.24) is 15.7 Å². The van der Waals surface area contributed by atoms with Gasteiger partial charge in [0.05, 0.1) is 11.5 Å². The smallest absolute Gasteiger partial charge is 0.480 e. The summed E-state index contributed by atoms with van der Waals surface area (Å²) in [6, 6.07) is 30.4. The second-order valence-electron chi connectivity index (χ2n) is 15.8. The number of nitrogens with zero attached hydrogens (tertiary/aromatic N) is 1. The van der Waals surface area contributed by atoms with E-state index in [1.54, 1.807) is 20.8 Å². The summed E-state index contributed by atoms with van der Waals surface area (Å²) in [6.07, 6.45) is -2.93. The van der Waals surface area contributed by atoms with E-state index in [0.29, 0.717) is 11.5 Å². The molecule has 4 aromatic rings. The molecule has 1 saturated heterocycles. The topological polar surface area (TPSA) is 198 Å². The number of aliphatic carboxylic acids is 1. The molecule has 1 heterocycles. The van der Waals surface area contributed by atoms with Crippen molar-refractivity contribution in [3.05, 3.63) is 119 Å². The molecule has 1 aliphatic heterocycles. The lowest BCUT2D eigenvalue weighted by Crippen LogP contribution is -2.62. The standard InChI is InChI=1S/C25H30N2O6.C19H15NO5/c1-24(2,3)33-23(31)27-25(4,5)20(21(28)29)26-22(30)32-14-19-17-12-8-6-10-15(17)16-11-7-9-13-18(16)19;21-17-10-11(18(22)20(17)25-19(23)24)9-16-14-7-3-1-5-12(14)13-6-2-4-8-15(13)16/h6-13,19-20H,14H2,1-5H3,(H,26,30)(H,27,31)(H,28,29);1-8,11,16H,9-10H2,(H,23,24). The molecule has 2 aliphatic carbocycles. The largest absolute Gasteiger partial charge is 0.531 e. The summed E-state index contributed by atoms with van der Waals surface area (Å²) in [4.78, 5) is 75.9. The fraction of sp³-hybridized carbons (Fsp3) is 0.318. The van der Waals surface area contributed by atoms with Crippen molar-refractivity contribution in [2.45, 2.75) is 76.5 Å². The van der Waals surface area contributed by atoms with Crippen LogP contribution in [0.3, 0.4) is 0 Å². The average Bonchev–Trinajstić information content (AvgIpc) is 3.75. The van der Waals surface area contributed by atoms with Gasteiger partial charge in [0.2, 0.25) is 0 Å². The van der Waals surface area contributed by atoms with E-state index in [2.05, 4.69) is 27.6 Å². The van der Waals surface area contributed by atoms with E-state index in [-0.39, 0.29) is 24.9 Å². The van der Waals surface area contributed by atoms with E-state index >= 15 is 0 Å². The molecule has 3 aliphatic rings. The molecule has 1 fully saturated rings. The molecule has 0 bridgehead atoms. The van der Waals surface area contributed by atoms with E-state index in [9.17, 15) is 33.9 Å². The van der Waals surface area contributed by atoms with Crippen LogP contribution < -0.4 is 10.6 Å². The summed E-state index contributed by atoms with van der Waals surface area (Å²) < 4.78 is 10.6. The van der Waals surface area contributed by atoms with Crippen molar-refractivity contribution in [1.29, 1.82) is 0 Å². The van der Waals surface area contributed by atoms with Crippen molar-refractivity contribution in [2.75, 3.05) is 6.61 Å². The van der Waals surface area contributed by atoms with Crippen LogP contribution in [-0.4, -0.2) is 75.2 Å². The third kappa shape index (κ3) is 8.80. The molecule has 0 radical (unpaired) electrons. The highest BCUT2D eigenvalue weighted by Gasteiger charge is 2.44. The molecule has 2 atom stereocenters. The SMILES string of the molecule is CC(C)(C)OC(=O)NC(C)(C)C(NC(=O)OCC1c2ccccc2-c2ccccc21)C(=O)O.O=C(O)ON1C(=O)CC(CC2c3ccccc3-c3ccccc32)C1=O. The highest BCUT2D eigenvalue weighted by molar-refractivity contribution is 6.03. The Bertz CT molecular complexity index is 2170. The number of hydrogen-bond acceptors (Lipinski definition) is 9. The fourth-order valence-electron chi connectivity index (χ4n) is 7.77. The van der Waals surface area contributed by atoms with Gasteiger partial charge in [-0.15, -0.1) is 0 Å². The Morgan fingerprint density at radius 3 is 1.59 bits per heavy atom. The van der Waals surface area contributed by atoms with E-state index in [1.165, 1.54) is 13.8 Å². The lowest BCUT2D eigenvalue weighted by atomic mass is 9.86. The van der Waals surface area contributed by atoms with Gasteiger partial charge in [-0.1, -0.05) is 102 Å². The Balaban J connectivity index is 0.000000202. The highest BCUT2D eigenvalue weighted by Crippen LogP contribution is 2.48. The normalized spacial score (nSPS) is 16.2. The Kier molecular flexibility index (Phi) is 11.6. The number of amides is 4. The van der Waals surface area contributed by atoms with Crippen LogP contribution in [0.25, 0.3) is 22.3 Å². The van der Waals surface area contributed by atoms with Gasteiger partial charge in [-0.3, -0.25) is 14.4 Å². The number of carbonyl (C=O) groups is 6. The highest BCUT2D eigenvalue weighted by atomic mass is 16.8. The van der Waals surface area contributed by atoms with Crippen LogP contribution in [0, 0.1) is 5.92 Å². The minimum atomic E-state index is -1.67. The summed E-state index contributed by atoms with van der Waals surface area (Å²) in [5.74, 6) is -3.26. The molecule has 4 amide bonds. The first-order valence-corrected chi connectivity index (χ1v) is 18.8. The first-order valence-electron chi connectivity index (χ1n) is 18.8. The first-order chi connectivity index (χ1) is 27.4. The number of carbonyl (C=O) groups excluding carboxylic acids is 4. The zero-order valence-corrected chi connectivity index (χ0v) is 32.7. The van der Waals surface area contributed by atoms with Crippen molar-refractivity contribution < 1.29 is 53.3 Å². The number of carboxylic acid groups (broad SMARTS) is 2. The van der Waals surface area contributed by atoms with Crippen molar-refractivity contribution >= 4 is 36.1 Å². The number of hydroxylamine groups is 2. The minimum Gasteiger partial charge on any atom is -0.480 e. The lowest BCUT2D eigenvalue weighted by Gasteiger charge is -2.33. The monoisotopic (exact) mass is 791 g/mol. The zero-order valence-electron chi connectivity index (χ0n) is 32.7. The van der Waals surface area contributed by atoms with Crippen molar-refractivity contribution in [3.8, 4) is 22.3 Å². The molecule has 4 N–H and O–H groups in total. The van der Waals surface area contributed by atoms with Crippen LogP contribution in [-0.2, 0) is 28.7 Å². The number of hydrogen-bond donors (Lipinski definition) is 4. The number of imide groups is 1. The summed E-state index contributed by atoms with van der Waals surface area (Å²) in [6.45, 7) is 8.11. The van der Waals surface area contributed by atoms with Gasteiger partial charge in [0.15, 0.2) is 6.04 Å². The van der Waals surface area contributed by atoms with Crippen molar-refractivity contribution in [3.63, 3.8) is 0 Å². The van der Waals surface area contributed by atoms with Crippen molar-refractivity contribution in [2.24, 2.45) is 5.92 Å². The molecule has 0 aromatic heterocycles. The average molecular weight is 792 g/mol. The maximum atomic E-state index is 12.6. The number of rotatable bonds is 9. The maximum absolute atomic E-state index is 12.6. The van der Waals surface area contributed by atoms with Gasteiger partial charge in [-0.2, -0.15) is 0 Å². The van der Waals surface area contributed by atoms with Gasteiger partial charge < -0.3 is 30.3 Å². The summed E-state index contributed by atoms with van der Waals surface area (Å²) in [5.41, 5.74) is 6.71. The predicted octanol–water partition coefficient (Wildman–Crippen LogP) is 7.46. The molecule has 0 saturated carbocycles. The number of alkyl carbamates (subject to hydrolysis) is 2. The third-order valence-electron chi connectivity index (χ3n) is 10.2. The number of nitrogens with one attached hydrogen (secondary N) is 2. The quantitative estimate of drug-likeness (QED) is 0.123. The van der Waals surface area contributed by atoms with Gasteiger partial charge in [0, 0.05) is 18.3 Å². The van der Waals surface area contributed by atoms with Gasteiger partial charge in [0.25, 0.3) is 11.8 Å². The van der Waals surface area contributed by atoms with Gasteiger partial charge >= 0.3 is 24.3 Å². The van der Waals surface area contributed by atoms with Crippen LogP contribution in [0.15, 0.2) is 97.1 Å². The molecule has 4 aromatic carbocycles. The molecule has 14 nitrogen and oxygen atoms in total. The molecule has 0 spiro atoms. The molecule has 2 unspecified atom stereocenters. The molecular formula is C44H45N3O11. The van der Waals surface area contributed by atoms with Crippen LogP contribution in [0.1, 0.15) is 81.5 Å².